The van der Waals surface area contributed by atoms with Crippen LogP contribution in [0.2, 0.25) is 0 Å². The van der Waals surface area contributed by atoms with E-state index in [4.69, 9.17) is 0 Å². The van der Waals surface area contributed by atoms with Crippen LogP contribution in [0.3, 0.4) is 0 Å². The molecular weight excluding hydrogens is 164 g/mol. The maximum Gasteiger partial charge on any atom is 0.314 e. The Kier molecular flexibility index (Phi) is 1.47. The smallest absolute Gasteiger partial charge is 0.314 e. The van der Waals surface area contributed by atoms with E-state index in [0.717, 1.165) is 18.4 Å². The van der Waals surface area contributed by atoms with Gasteiger partial charge in [-0.15, -0.1) is 0 Å². The van der Waals surface area contributed by atoms with E-state index in [9.17, 15) is 9.90 Å². The number of rotatable bonds is 1. The third-order valence-electron chi connectivity index (χ3n) is 4.42. The van der Waals surface area contributed by atoms with Crippen molar-refractivity contribution in [3.8, 4) is 0 Å². The standard InChI is InChI=1S/C11H16O2/c1-7-4-5-8-6-11(7,9(12)13)10(8,2)3/h4,8H,5-6H2,1-3H3,(H,12,13). The second-order valence-electron chi connectivity index (χ2n) is 4.96. The number of carboxylic acid groups (broad SMARTS) is 1. The molecular formula is C11H16O2. The first-order valence-corrected chi connectivity index (χ1v) is 4.83. The Morgan fingerprint density at radius 2 is 2.23 bits per heavy atom. The van der Waals surface area contributed by atoms with Gasteiger partial charge in [-0.05, 0) is 31.1 Å². The van der Waals surface area contributed by atoms with E-state index < -0.39 is 11.4 Å². The molecule has 1 fully saturated rings. The van der Waals surface area contributed by atoms with Crippen LogP contribution in [0.5, 0.6) is 0 Å². The minimum atomic E-state index is -0.637. The molecule has 0 heterocycles. The van der Waals surface area contributed by atoms with E-state index in [0.29, 0.717) is 5.92 Å². The van der Waals surface area contributed by atoms with Crippen LogP contribution in [0.4, 0.5) is 0 Å². The maximum absolute atomic E-state index is 11.3. The number of fused-ring (bicyclic) bond motifs is 1. The van der Waals surface area contributed by atoms with Gasteiger partial charge >= 0.3 is 5.97 Å². The Morgan fingerprint density at radius 3 is 2.54 bits per heavy atom. The molecule has 2 heteroatoms. The summed E-state index contributed by atoms with van der Waals surface area (Å²) in [4.78, 5) is 11.3. The molecule has 2 atom stereocenters. The van der Waals surface area contributed by atoms with Gasteiger partial charge < -0.3 is 5.11 Å². The largest absolute Gasteiger partial charge is 0.481 e. The summed E-state index contributed by atoms with van der Waals surface area (Å²) in [7, 11) is 0. The highest BCUT2D eigenvalue weighted by Gasteiger charge is 2.66. The van der Waals surface area contributed by atoms with Gasteiger partial charge in [-0.3, -0.25) is 4.79 Å². The number of aliphatic carboxylic acids is 1. The highest BCUT2D eigenvalue weighted by atomic mass is 16.4. The number of hydrogen-bond acceptors (Lipinski definition) is 1. The van der Waals surface area contributed by atoms with Crippen LogP contribution in [-0.4, -0.2) is 11.1 Å². The van der Waals surface area contributed by atoms with E-state index in [1.54, 1.807) is 0 Å². The molecule has 0 spiro atoms. The zero-order chi connectivity index (χ0) is 9.85. The fourth-order valence-corrected chi connectivity index (χ4v) is 3.18. The molecule has 0 saturated heterocycles. The van der Waals surface area contributed by atoms with Crippen molar-refractivity contribution < 1.29 is 9.90 Å². The predicted molar refractivity (Wildman–Crippen MR) is 50.3 cm³/mol. The van der Waals surface area contributed by atoms with Crippen LogP contribution in [0.1, 0.15) is 33.6 Å². The number of allylic oxidation sites excluding steroid dienone is 1. The summed E-state index contributed by atoms with van der Waals surface area (Å²) < 4.78 is 0. The van der Waals surface area contributed by atoms with Gasteiger partial charge in [0.05, 0.1) is 5.41 Å². The van der Waals surface area contributed by atoms with Gasteiger partial charge in [-0.2, -0.15) is 0 Å². The molecule has 0 radical (unpaired) electrons. The lowest BCUT2D eigenvalue weighted by Crippen LogP contribution is -2.61. The normalized spacial score (nSPS) is 40.5. The lowest BCUT2D eigenvalue weighted by Gasteiger charge is -2.62. The number of hydrogen-bond donors (Lipinski definition) is 1. The molecule has 3 aliphatic carbocycles. The molecule has 0 aromatic heterocycles. The Morgan fingerprint density at radius 1 is 1.62 bits per heavy atom. The predicted octanol–water partition coefficient (Wildman–Crippen LogP) is 2.45. The van der Waals surface area contributed by atoms with Gasteiger partial charge in [-0.25, -0.2) is 0 Å². The van der Waals surface area contributed by atoms with Crippen molar-refractivity contribution in [3.05, 3.63) is 11.6 Å². The SMILES string of the molecule is CC1=CCC2CC1(C(=O)O)C2(C)C. The van der Waals surface area contributed by atoms with Crippen molar-refractivity contribution in [2.75, 3.05) is 0 Å². The average Bonchev–Trinajstić information content (AvgIpc) is 2.02. The van der Waals surface area contributed by atoms with Gasteiger partial charge in [0.15, 0.2) is 0 Å². The Hall–Kier alpha value is -0.790. The molecule has 2 bridgehead atoms. The molecule has 0 aromatic carbocycles. The lowest BCUT2D eigenvalue weighted by atomic mass is 9.40. The van der Waals surface area contributed by atoms with E-state index in [-0.39, 0.29) is 5.41 Å². The summed E-state index contributed by atoms with van der Waals surface area (Å²) in [5.74, 6) is -0.0606. The summed E-state index contributed by atoms with van der Waals surface area (Å²) >= 11 is 0. The van der Waals surface area contributed by atoms with Crippen LogP contribution in [0, 0.1) is 16.7 Å². The summed E-state index contributed by atoms with van der Waals surface area (Å²) in [5, 5.41) is 9.30. The van der Waals surface area contributed by atoms with Crippen LogP contribution in [-0.2, 0) is 4.79 Å². The summed E-state index contributed by atoms with van der Waals surface area (Å²) in [5.41, 5.74) is 0.473. The molecule has 2 unspecified atom stereocenters. The fourth-order valence-electron chi connectivity index (χ4n) is 3.18. The molecule has 1 saturated carbocycles. The second-order valence-corrected chi connectivity index (χ2v) is 4.96. The highest BCUT2D eigenvalue weighted by Crippen LogP contribution is 2.67. The Bertz CT molecular complexity index is 301. The van der Waals surface area contributed by atoms with Gasteiger partial charge in [-0.1, -0.05) is 25.5 Å². The highest BCUT2D eigenvalue weighted by molar-refractivity contribution is 5.82. The van der Waals surface area contributed by atoms with Crippen molar-refractivity contribution in [3.63, 3.8) is 0 Å². The molecule has 0 amide bonds. The molecule has 3 aliphatic rings. The molecule has 0 aromatic rings. The lowest BCUT2D eigenvalue weighted by molar-refractivity contribution is -0.178. The minimum absolute atomic E-state index is 0.0440. The zero-order valence-corrected chi connectivity index (χ0v) is 8.42. The average molecular weight is 180 g/mol. The van der Waals surface area contributed by atoms with Crippen molar-refractivity contribution in [1.82, 2.24) is 0 Å². The van der Waals surface area contributed by atoms with E-state index >= 15 is 0 Å². The summed E-state index contributed by atoms with van der Waals surface area (Å²) in [6.45, 7) is 6.14. The van der Waals surface area contributed by atoms with E-state index in [2.05, 4.69) is 19.9 Å². The first-order valence-electron chi connectivity index (χ1n) is 4.83. The first kappa shape index (κ1) is 8.79. The van der Waals surface area contributed by atoms with Gasteiger partial charge in [0.25, 0.3) is 0 Å². The Balaban J connectivity index is 2.51. The molecule has 2 nitrogen and oxygen atoms in total. The Labute approximate surface area is 78.6 Å². The van der Waals surface area contributed by atoms with E-state index in [1.165, 1.54) is 0 Å². The molecule has 0 aliphatic heterocycles. The van der Waals surface area contributed by atoms with Crippen molar-refractivity contribution >= 4 is 5.97 Å². The van der Waals surface area contributed by atoms with Gasteiger partial charge in [0.2, 0.25) is 0 Å². The fraction of sp³-hybridized carbons (Fsp3) is 0.727. The summed E-state index contributed by atoms with van der Waals surface area (Å²) in [6.07, 6.45) is 4.01. The number of carbonyl (C=O) groups is 1. The summed E-state index contributed by atoms with van der Waals surface area (Å²) in [6, 6.07) is 0. The molecule has 72 valence electrons. The zero-order valence-electron chi connectivity index (χ0n) is 8.42. The molecule has 3 rings (SSSR count). The third-order valence-corrected chi connectivity index (χ3v) is 4.42. The maximum atomic E-state index is 11.3. The van der Waals surface area contributed by atoms with Crippen LogP contribution in [0.15, 0.2) is 11.6 Å². The molecule has 13 heavy (non-hydrogen) atoms. The van der Waals surface area contributed by atoms with Gasteiger partial charge in [0.1, 0.15) is 0 Å². The van der Waals surface area contributed by atoms with Gasteiger partial charge in [0, 0.05) is 0 Å². The van der Waals surface area contributed by atoms with Crippen molar-refractivity contribution in [2.24, 2.45) is 16.7 Å². The second kappa shape index (κ2) is 2.17. The third kappa shape index (κ3) is 0.725. The topological polar surface area (TPSA) is 37.3 Å². The van der Waals surface area contributed by atoms with Crippen LogP contribution in [0.25, 0.3) is 0 Å². The number of carboxylic acids is 1. The minimum Gasteiger partial charge on any atom is -0.481 e. The quantitative estimate of drug-likeness (QED) is 0.629. The van der Waals surface area contributed by atoms with Crippen molar-refractivity contribution in [1.29, 1.82) is 0 Å². The van der Waals surface area contributed by atoms with Crippen molar-refractivity contribution in [2.45, 2.75) is 33.6 Å². The van der Waals surface area contributed by atoms with E-state index in [1.807, 2.05) is 6.92 Å². The van der Waals surface area contributed by atoms with Crippen LogP contribution < -0.4 is 0 Å². The first-order chi connectivity index (χ1) is 5.93. The monoisotopic (exact) mass is 180 g/mol. The molecule has 1 N–H and O–H groups in total. The van der Waals surface area contributed by atoms with Crippen LogP contribution >= 0.6 is 0 Å².